The number of carbonyl (C=O) groups is 2. The van der Waals surface area contributed by atoms with E-state index in [1.54, 1.807) is 0 Å². The predicted octanol–water partition coefficient (Wildman–Crippen LogP) is 5.01. The normalized spacial score (nSPS) is 23.9. The standard InChI is InChI=1S/C30H36N2O4/c1-35-29(33)19-26-18-27(32(30(26)34)17-5-8-22-6-3-2-4-7-22)21-36-28-15-13-25(14-16-28)24-11-9-23(20-31)10-12-24/h2-4,6-7,9-12,25-28H,5,8,13-19,21H2,1H3/t25?,26-,27-,28?/m0/s1. The highest BCUT2D eigenvalue weighted by Crippen LogP contribution is 2.35. The first-order chi connectivity index (χ1) is 17.6. The second-order valence-corrected chi connectivity index (χ2v) is 10.0. The average Bonchev–Trinajstić information content (AvgIpc) is 3.22. The van der Waals surface area contributed by atoms with Crippen LogP contribution in [0.3, 0.4) is 0 Å². The first-order valence-electron chi connectivity index (χ1n) is 13.1. The van der Waals surface area contributed by atoms with E-state index in [1.807, 2.05) is 35.2 Å². The lowest BCUT2D eigenvalue weighted by molar-refractivity contribution is -0.145. The number of amides is 1. The van der Waals surface area contributed by atoms with Crippen LogP contribution in [0, 0.1) is 17.2 Å². The number of nitriles is 1. The summed E-state index contributed by atoms with van der Waals surface area (Å²) in [5, 5.41) is 9.02. The minimum absolute atomic E-state index is 0.000760. The van der Waals surface area contributed by atoms with E-state index >= 15 is 0 Å². The third-order valence-corrected chi connectivity index (χ3v) is 7.69. The molecule has 2 aliphatic rings. The van der Waals surface area contributed by atoms with E-state index in [9.17, 15) is 9.59 Å². The van der Waals surface area contributed by atoms with Gasteiger partial charge in [-0.2, -0.15) is 5.26 Å². The van der Waals surface area contributed by atoms with Crippen LogP contribution in [0.1, 0.15) is 67.6 Å². The third-order valence-electron chi connectivity index (χ3n) is 7.69. The Morgan fingerprint density at radius 1 is 1.06 bits per heavy atom. The lowest BCUT2D eigenvalue weighted by Crippen LogP contribution is -2.39. The molecule has 1 aliphatic heterocycles. The zero-order valence-corrected chi connectivity index (χ0v) is 21.1. The minimum atomic E-state index is -0.333. The maximum absolute atomic E-state index is 13.1. The number of methoxy groups -OCH3 is 1. The summed E-state index contributed by atoms with van der Waals surface area (Å²) >= 11 is 0. The number of hydrogen-bond donors (Lipinski definition) is 0. The van der Waals surface area contributed by atoms with Crippen molar-refractivity contribution in [2.24, 2.45) is 5.92 Å². The third kappa shape index (κ3) is 6.73. The Balaban J connectivity index is 1.29. The molecule has 1 amide bonds. The SMILES string of the molecule is COC(=O)C[C@@H]1C[C@@H](COC2CCC(c3ccc(C#N)cc3)CC2)N(CCCc2ccccc2)C1=O. The fourth-order valence-electron chi connectivity index (χ4n) is 5.61. The van der Waals surface area contributed by atoms with Gasteiger partial charge in [0.2, 0.25) is 5.91 Å². The van der Waals surface area contributed by atoms with Crippen LogP contribution >= 0.6 is 0 Å². The van der Waals surface area contributed by atoms with E-state index in [4.69, 9.17) is 14.7 Å². The van der Waals surface area contributed by atoms with E-state index in [0.717, 1.165) is 38.5 Å². The molecule has 2 fully saturated rings. The number of carbonyl (C=O) groups excluding carboxylic acids is 2. The fraction of sp³-hybridized carbons (Fsp3) is 0.500. The van der Waals surface area contributed by atoms with Crippen molar-refractivity contribution in [2.75, 3.05) is 20.3 Å². The van der Waals surface area contributed by atoms with Gasteiger partial charge in [0.1, 0.15) is 0 Å². The van der Waals surface area contributed by atoms with E-state index in [-0.39, 0.29) is 36.4 Å². The van der Waals surface area contributed by atoms with Gasteiger partial charge in [0.05, 0.1) is 49.8 Å². The lowest BCUT2D eigenvalue weighted by Gasteiger charge is -2.31. The summed E-state index contributed by atoms with van der Waals surface area (Å²) < 4.78 is 11.2. The zero-order chi connectivity index (χ0) is 25.3. The molecule has 36 heavy (non-hydrogen) atoms. The summed E-state index contributed by atoms with van der Waals surface area (Å²) in [5.41, 5.74) is 3.26. The lowest BCUT2D eigenvalue weighted by atomic mass is 9.82. The summed E-state index contributed by atoms with van der Waals surface area (Å²) in [7, 11) is 1.37. The van der Waals surface area contributed by atoms with Gasteiger partial charge in [-0.1, -0.05) is 42.5 Å². The molecular formula is C30H36N2O4. The van der Waals surface area contributed by atoms with Gasteiger partial charge in [0.25, 0.3) is 0 Å². The summed E-state index contributed by atoms with van der Waals surface area (Å²) in [4.78, 5) is 27.0. The topological polar surface area (TPSA) is 79.6 Å². The van der Waals surface area contributed by atoms with Crippen LogP contribution in [0.4, 0.5) is 0 Å². The second-order valence-electron chi connectivity index (χ2n) is 10.0. The molecule has 4 rings (SSSR count). The molecule has 0 unspecified atom stereocenters. The maximum Gasteiger partial charge on any atom is 0.306 e. The van der Waals surface area contributed by atoms with Crippen LogP contribution in [0.5, 0.6) is 0 Å². The van der Waals surface area contributed by atoms with Gasteiger partial charge in [0, 0.05) is 6.54 Å². The number of esters is 1. The van der Waals surface area contributed by atoms with Crippen molar-refractivity contribution >= 4 is 11.9 Å². The van der Waals surface area contributed by atoms with Gasteiger partial charge in [-0.3, -0.25) is 9.59 Å². The molecule has 0 N–H and O–H groups in total. The van der Waals surface area contributed by atoms with Gasteiger partial charge in [0.15, 0.2) is 0 Å². The number of benzene rings is 2. The van der Waals surface area contributed by atoms with Gasteiger partial charge in [-0.25, -0.2) is 0 Å². The largest absolute Gasteiger partial charge is 0.469 e. The molecule has 0 bridgehead atoms. The molecule has 0 radical (unpaired) electrons. The first-order valence-corrected chi connectivity index (χ1v) is 13.1. The molecule has 0 aromatic heterocycles. The number of hydrogen-bond acceptors (Lipinski definition) is 5. The van der Waals surface area contributed by atoms with Crippen molar-refractivity contribution in [3.05, 3.63) is 71.3 Å². The van der Waals surface area contributed by atoms with Crippen LogP contribution in [0.25, 0.3) is 0 Å². The summed E-state index contributed by atoms with van der Waals surface area (Å²) in [6.07, 6.45) is 6.87. The number of nitrogens with zero attached hydrogens (tertiary/aromatic N) is 2. The number of rotatable bonds is 10. The highest BCUT2D eigenvalue weighted by molar-refractivity contribution is 5.85. The van der Waals surface area contributed by atoms with E-state index < -0.39 is 0 Å². The number of likely N-dealkylation sites (tertiary alicyclic amines) is 1. The summed E-state index contributed by atoms with van der Waals surface area (Å²) in [5.74, 6) is -0.105. The van der Waals surface area contributed by atoms with Gasteiger partial charge in [-0.05, 0) is 74.1 Å². The van der Waals surface area contributed by atoms with Gasteiger partial charge in [-0.15, -0.1) is 0 Å². The number of aryl methyl sites for hydroxylation is 1. The van der Waals surface area contributed by atoms with Crippen LogP contribution in [0.15, 0.2) is 54.6 Å². The average molecular weight is 489 g/mol. The summed E-state index contributed by atoms with van der Waals surface area (Å²) in [6, 6.07) is 20.4. The minimum Gasteiger partial charge on any atom is -0.469 e. The Bertz CT molecular complexity index is 1040. The molecule has 2 atom stereocenters. The highest BCUT2D eigenvalue weighted by Gasteiger charge is 2.40. The van der Waals surface area contributed by atoms with E-state index in [0.29, 0.717) is 31.1 Å². The molecule has 2 aromatic rings. The van der Waals surface area contributed by atoms with Crippen LogP contribution in [0.2, 0.25) is 0 Å². The molecule has 6 heteroatoms. The molecule has 1 saturated heterocycles. The first kappa shape index (κ1) is 25.9. The van der Waals surface area contributed by atoms with Crippen molar-refractivity contribution < 1.29 is 19.1 Å². The van der Waals surface area contributed by atoms with Crippen molar-refractivity contribution in [1.29, 1.82) is 5.26 Å². The number of ether oxygens (including phenoxy) is 2. The van der Waals surface area contributed by atoms with Crippen molar-refractivity contribution in [1.82, 2.24) is 4.90 Å². The van der Waals surface area contributed by atoms with E-state index in [2.05, 4.69) is 30.3 Å². The van der Waals surface area contributed by atoms with Gasteiger partial charge < -0.3 is 14.4 Å². The molecule has 6 nitrogen and oxygen atoms in total. The molecule has 0 spiro atoms. The molecule has 1 saturated carbocycles. The molecule has 1 heterocycles. The highest BCUT2D eigenvalue weighted by atomic mass is 16.5. The van der Waals surface area contributed by atoms with Crippen molar-refractivity contribution in [2.45, 2.75) is 69.4 Å². The molecular weight excluding hydrogens is 452 g/mol. The Morgan fingerprint density at radius 3 is 2.44 bits per heavy atom. The second kappa shape index (κ2) is 12.7. The smallest absolute Gasteiger partial charge is 0.306 e. The van der Waals surface area contributed by atoms with Gasteiger partial charge >= 0.3 is 5.97 Å². The molecule has 2 aromatic carbocycles. The quantitative estimate of drug-likeness (QED) is 0.439. The van der Waals surface area contributed by atoms with Crippen LogP contribution < -0.4 is 0 Å². The fourth-order valence-corrected chi connectivity index (χ4v) is 5.61. The molecule has 1 aliphatic carbocycles. The van der Waals surface area contributed by atoms with Crippen molar-refractivity contribution in [3.8, 4) is 6.07 Å². The Hall–Kier alpha value is -3.17. The van der Waals surface area contributed by atoms with E-state index in [1.165, 1.54) is 18.2 Å². The Morgan fingerprint density at radius 2 is 1.78 bits per heavy atom. The maximum atomic E-state index is 13.1. The van der Waals surface area contributed by atoms with Crippen LogP contribution in [-0.2, 0) is 25.5 Å². The molecule has 190 valence electrons. The Labute approximate surface area is 214 Å². The predicted molar refractivity (Wildman–Crippen MR) is 137 cm³/mol. The van der Waals surface area contributed by atoms with Crippen LogP contribution in [-0.4, -0.2) is 49.2 Å². The zero-order valence-electron chi connectivity index (χ0n) is 21.1. The monoisotopic (exact) mass is 488 g/mol. The summed E-state index contributed by atoms with van der Waals surface area (Å²) in [6.45, 7) is 1.19. The van der Waals surface area contributed by atoms with Crippen molar-refractivity contribution in [3.63, 3.8) is 0 Å². The Kier molecular flexibility index (Phi) is 9.13.